The standard InChI is InChI=1S/C13H26N2O6/c16-7-10-20-8-5-14-12(18)3-1-2-4-13(19)15-6-9-21-11-17/h16-17H,1-11H2,(H,14,18)(H,15,19). The van der Waals surface area contributed by atoms with Crippen molar-refractivity contribution in [2.45, 2.75) is 25.7 Å². The highest BCUT2D eigenvalue weighted by atomic mass is 16.6. The van der Waals surface area contributed by atoms with Crippen LogP contribution in [0.25, 0.3) is 0 Å². The lowest BCUT2D eigenvalue weighted by Gasteiger charge is -2.06. The highest BCUT2D eigenvalue weighted by Gasteiger charge is 2.03. The molecular formula is C13H26N2O6. The van der Waals surface area contributed by atoms with Crippen LogP contribution >= 0.6 is 0 Å². The van der Waals surface area contributed by atoms with E-state index in [2.05, 4.69) is 15.4 Å². The normalized spacial score (nSPS) is 10.4. The van der Waals surface area contributed by atoms with Gasteiger partial charge < -0.3 is 30.3 Å². The molecule has 0 aromatic carbocycles. The van der Waals surface area contributed by atoms with Gasteiger partial charge in [0.25, 0.3) is 0 Å². The van der Waals surface area contributed by atoms with E-state index in [0.29, 0.717) is 45.4 Å². The number of nitrogens with one attached hydrogen (secondary N) is 2. The number of rotatable bonds is 14. The first-order chi connectivity index (χ1) is 10.2. The molecule has 0 fully saturated rings. The Bertz CT molecular complexity index is 275. The van der Waals surface area contributed by atoms with E-state index in [0.717, 1.165) is 0 Å². The minimum Gasteiger partial charge on any atom is -0.394 e. The Morgan fingerprint density at radius 3 is 1.81 bits per heavy atom. The van der Waals surface area contributed by atoms with Crippen LogP contribution in [0.5, 0.6) is 0 Å². The molecule has 0 bridgehead atoms. The van der Waals surface area contributed by atoms with E-state index in [4.69, 9.17) is 14.9 Å². The summed E-state index contributed by atoms with van der Waals surface area (Å²) in [6.45, 7) is 1.35. The fourth-order valence-corrected chi connectivity index (χ4v) is 1.50. The number of hydrogen-bond acceptors (Lipinski definition) is 6. The van der Waals surface area contributed by atoms with Gasteiger partial charge in [-0.05, 0) is 12.8 Å². The Balaban J connectivity index is 3.32. The maximum absolute atomic E-state index is 11.4. The van der Waals surface area contributed by atoms with E-state index >= 15 is 0 Å². The molecule has 0 aliphatic carbocycles. The zero-order valence-corrected chi connectivity index (χ0v) is 12.3. The molecule has 0 saturated carbocycles. The van der Waals surface area contributed by atoms with Gasteiger partial charge in [-0.25, -0.2) is 0 Å². The summed E-state index contributed by atoms with van der Waals surface area (Å²) >= 11 is 0. The van der Waals surface area contributed by atoms with Crippen LogP contribution in [-0.4, -0.2) is 68.3 Å². The van der Waals surface area contributed by atoms with E-state index in [1.165, 1.54) is 0 Å². The summed E-state index contributed by atoms with van der Waals surface area (Å²) in [7, 11) is 0. The molecule has 0 aromatic rings. The Morgan fingerprint density at radius 2 is 1.33 bits per heavy atom. The van der Waals surface area contributed by atoms with E-state index in [1.807, 2.05) is 0 Å². The number of hydrogen-bond donors (Lipinski definition) is 4. The van der Waals surface area contributed by atoms with Crippen LogP contribution in [0.1, 0.15) is 25.7 Å². The number of aliphatic hydroxyl groups excluding tert-OH is 2. The van der Waals surface area contributed by atoms with Crippen molar-refractivity contribution < 1.29 is 29.3 Å². The average Bonchev–Trinajstić information content (AvgIpc) is 2.48. The van der Waals surface area contributed by atoms with Gasteiger partial charge in [-0.1, -0.05) is 0 Å². The molecule has 0 atom stereocenters. The summed E-state index contributed by atoms with van der Waals surface area (Å²) in [4.78, 5) is 22.8. The monoisotopic (exact) mass is 306 g/mol. The minimum absolute atomic E-state index is 0.0257. The van der Waals surface area contributed by atoms with Crippen LogP contribution in [0.15, 0.2) is 0 Å². The predicted octanol–water partition coefficient (Wildman–Crippen LogP) is -1.25. The van der Waals surface area contributed by atoms with Crippen LogP contribution < -0.4 is 10.6 Å². The molecule has 2 amide bonds. The molecule has 0 unspecified atom stereocenters. The first-order valence-electron chi connectivity index (χ1n) is 7.11. The summed E-state index contributed by atoms with van der Waals surface area (Å²) in [6.07, 6.45) is 2.03. The zero-order chi connectivity index (χ0) is 15.8. The smallest absolute Gasteiger partial charge is 0.220 e. The van der Waals surface area contributed by atoms with Crippen molar-refractivity contribution in [2.24, 2.45) is 0 Å². The number of amides is 2. The van der Waals surface area contributed by atoms with E-state index < -0.39 is 0 Å². The van der Waals surface area contributed by atoms with E-state index in [9.17, 15) is 9.59 Å². The summed E-state index contributed by atoms with van der Waals surface area (Å²) in [5.74, 6) is -0.159. The first-order valence-corrected chi connectivity index (χ1v) is 7.11. The van der Waals surface area contributed by atoms with Crippen molar-refractivity contribution in [3.05, 3.63) is 0 Å². The molecule has 8 nitrogen and oxygen atoms in total. The maximum atomic E-state index is 11.4. The molecule has 0 aliphatic heterocycles. The van der Waals surface area contributed by atoms with Gasteiger partial charge in [0.2, 0.25) is 11.8 Å². The first kappa shape index (κ1) is 19.8. The van der Waals surface area contributed by atoms with Crippen LogP contribution in [0.4, 0.5) is 0 Å². The number of carbonyl (C=O) groups excluding carboxylic acids is 2. The van der Waals surface area contributed by atoms with Crippen LogP contribution in [0, 0.1) is 0 Å². The lowest BCUT2D eigenvalue weighted by atomic mass is 10.2. The number of ether oxygens (including phenoxy) is 2. The van der Waals surface area contributed by atoms with E-state index in [-0.39, 0.29) is 38.4 Å². The topological polar surface area (TPSA) is 117 Å². The largest absolute Gasteiger partial charge is 0.394 e. The summed E-state index contributed by atoms with van der Waals surface area (Å²) in [6, 6.07) is 0. The van der Waals surface area contributed by atoms with Gasteiger partial charge in [-0.3, -0.25) is 9.59 Å². The van der Waals surface area contributed by atoms with E-state index in [1.54, 1.807) is 0 Å². The molecule has 0 rings (SSSR count). The molecule has 0 aromatic heterocycles. The number of carbonyl (C=O) groups is 2. The zero-order valence-electron chi connectivity index (χ0n) is 12.3. The fraction of sp³-hybridized carbons (Fsp3) is 0.846. The van der Waals surface area contributed by atoms with Crippen molar-refractivity contribution in [1.82, 2.24) is 10.6 Å². The van der Waals surface area contributed by atoms with Crippen molar-refractivity contribution >= 4 is 11.8 Å². The Hall–Kier alpha value is -1.22. The Kier molecular flexibility index (Phi) is 14.3. The minimum atomic E-state index is -0.351. The molecule has 0 spiro atoms. The second kappa shape index (κ2) is 15.2. The van der Waals surface area contributed by atoms with Gasteiger partial charge in [0.15, 0.2) is 0 Å². The lowest BCUT2D eigenvalue weighted by molar-refractivity contribution is -0.123. The molecule has 21 heavy (non-hydrogen) atoms. The average molecular weight is 306 g/mol. The Labute approximate surface area is 124 Å². The van der Waals surface area contributed by atoms with Crippen LogP contribution in [0.2, 0.25) is 0 Å². The SMILES string of the molecule is O=C(CCCCC(=O)NCCOCCO)NCCOCO. The summed E-state index contributed by atoms with van der Waals surface area (Å²) < 4.78 is 9.67. The fourth-order valence-electron chi connectivity index (χ4n) is 1.50. The van der Waals surface area contributed by atoms with Crippen LogP contribution in [-0.2, 0) is 19.1 Å². The lowest BCUT2D eigenvalue weighted by Crippen LogP contribution is -2.28. The third-order valence-corrected chi connectivity index (χ3v) is 2.52. The van der Waals surface area contributed by atoms with Gasteiger partial charge in [-0.2, -0.15) is 0 Å². The maximum Gasteiger partial charge on any atom is 0.220 e. The molecule has 0 radical (unpaired) electrons. The third kappa shape index (κ3) is 15.0. The van der Waals surface area contributed by atoms with Crippen LogP contribution in [0.3, 0.4) is 0 Å². The second-order valence-electron chi connectivity index (χ2n) is 4.28. The highest BCUT2D eigenvalue weighted by molar-refractivity contribution is 5.77. The van der Waals surface area contributed by atoms with Crippen molar-refractivity contribution in [2.75, 3.05) is 46.3 Å². The number of unbranched alkanes of at least 4 members (excludes halogenated alkanes) is 1. The van der Waals surface area contributed by atoms with Crippen molar-refractivity contribution in [1.29, 1.82) is 0 Å². The van der Waals surface area contributed by atoms with Crippen molar-refractivity contribution in [3.8, 4) is 0 Å². The molecule has 0 saturated heterocycles. The molecule has 0 aliphatic rings. The second-order valence-corrected chi connectivity index (χ2v) is 4.28. The molecular weight excluding hydrogens is 280 g/mol. The van der Waals surface area contributed by atoms with Gasteiger partial charge in [-0.15, -0.1) is 0 Å². The third-order valence-electron chi connectivity index (χ3n) is 2.52. The Morgan fingerprint density at radius 1 is 0.810 bits per heavy atom. The van der Waals surface area contributed by atoms with Crippen molar-refractivity contribution in [3.63, 3.8) is 0 Å². The summed E-state index contributed by atoms with van der Waals surface area (Å²) in [5.41, 5.74) is 0. The quantitative estimate of drug-likeness (QED) is 0.235. The van der Waals surface area contributed by atoms with Gasteiger partial charge >= 0.3 is 0 Å². The molecule has 0 heterocycles. The van der Waals surface area contributed by atoms with Gasteiger partial charge in [0, 0.05) is 25.9 Å². The highest BCUT2D eigenvalue weighted by Crippen LogP contribution is 1.99. The molecule has 124 valence electrons. The van der Waals surface area contributed by atoms with Gasteiger partial charge in [0.1, 0.15) is 6.79 Å². The predicted molar refractivity (Wildman–Crippen MR) is 75.4 cm³/mol. The molecule has 8 heteroatoms. The number of aliphatic hydroxyl groups is 2. The molecule has 4 N–H and O–H groups in total. The summed E-state index contributed by atoms with van der Waals surface area (Å²) in [5, 5.41) is 22.2. The van der Waals surface area contributed by atoms with Gasteiger partial charge in [0.05, 0.1) is 26.4 Å².